The van der Waals surface area contributed by atoms with Gasteiger partial charge >= 0.3 is 0 Å². The number of hydrogen-bond acceptors (Lipinski definition) is 0. The van der Waals surface area contributed by atoms with E-state index in [9.17, 15) is 0 Å². The summed E-state index contributed by atoms with van der Waals surface area (Å²) in [5.41, 5.74) is 1.31. The lowest BCUT2D eigenvalue weighted by Gasteiger charge is -2.07. The lowest BCUT2D eigenvalue weighted by Crippen LogP contribution is -2.37. The van der Waals surface area contributed by atoms with Crippen molar-refractivity contribution in [2.75, 3.05) is 0 Å². The quantitative estimate of drug-likeness (QED) is 0.0734. The number of hydrogen-bond donors (Lipinski definition) is 0. The first-order valence-electron chi connectivity index (χ1n) is 18.0. The lowest BCUT2D eigenvalue weighted by atomic mass is 10.0. The van der Waals surface area contributed by atoms with Gasteiger partial charge in [-0.15, -0.1) is 0 Å². The molecule has 0 radical (unpaired) electrons. The highest BCUT2D eigenvalue weighted by molar-refractivity contribution is 5.31. The summed E-state index contributed by atoms with van der Waals surface area (Å²) in [5.74, 6) is 1.50. The standard InChI is InChI=1S/C38H67N2/c1-3-5-7-9-11-13-15-16-17-18-19-21-23-25-30-34-39-35-36-40(37-31-27-26-28-32-37)38(39)33-29-24-22-20-14-12-10-8-6-4-2/h26-28,31-32,35-36H,3-25,29-30,33-34H2,1-2H3/q+1. The maximum absolute atomic E-state index is 2.56. The molecule has 1 aromatic heterocycles. The third kappa shape index (κ3) is 16.6. The Labute approximate surface area is 250 Å². The molecule has 2 rings (SSSR count). The van der Waals surface area contributed by atoms with Crippen LogP contribution in [-0.4, -0.2) is 4.57 Å². The van der Waals surface area contributed by atoms with Crippen molar-refractivity contribution >= 4 is 0 Å². The molecule has 0 unspecified atom stereocenters. The highest BCUT2D eigenvalue weighted by Gasteiger charge is 2.18. The zero-order valence-corrected chi connectivity index (χ0v) is 27.0. The van der Waals surface area contributed by atoms with Gasteiger partial charge in [-0.25, -0.2) is 4.57 Å². The molecule has 0 aliphatic heterocycles. The number of imidazole rings is 1. The molecule has 2 nitrogen and oxygen atoms in total. The summed E-state index contributed by atoms with van der Waals surface area (Å²) < 4.78 is 5.00. The highest BCUT2D eigenvalue weighted by Crippen LogP contribution is 2.16. The van der Waals surface area contributed by atoms with E-state index in [0.717, 1.165) is 0 Å². The Bertz CT molecular complexity index is 793. The lowest BCUT2D eigenvalue weighted by molar-refractivity contribution is -0.704. The molecule has 0 aliphatic rings. The van der Waals surface area contributed by atoms with E-state index in [0.29, 0.717) is 0 Å². The van der Waals surface area contributed by atoms with Gasteiger partial charge in [0.2, 0.25) is 0 Å². The Balaban J connectivity index is 1.59. The molecule has 2 heteroatoms. The molecular formula is C38H67N2+. The second-order valence-electron chi connectivity index (χ2n) is 12.5. The summed E-state index contributed by atoms with van der Waals surface area (Å²) in [5, 5.41) is 0. The van der Waals surface area contributed by atoms with Crippen LogP contribution >= 0.6 is 0 Å². The summed E-state index contributed by atoms with van der Waals surface area (Å²) >= 11 is 0. The van der Waals surface area contributed by atoms with Crippen molar-refractivity contribution in [1.82, 2.24) is 4.57 Å². The molecule has 0 amide bonds. The summed E-state index contributed by atoms with van der Waals surface area (Å²) in [6.45, 7) is 5.78. The number of para-hydroxylation sites is 1. The molecule has 0 N–H and O–H groups in total. The van der Waals surface area contributed by atoms with Crippen LogP contribution in [0, 0.1) is 0 Å². The Kier molecular flexibility index (Phi) is 21.8. The Morgan fingerprint density at radius 3 is 1.32 bits per heavy atom. The molecule has 40 heavy (non-hydrogen) atoms. The zero-order chi connectivity index (χ0) is 28.4. The van der Waals surface area contributed by atoms with Crippen LogP contribution in [-0.2, 0) is 13.0 Å². The van der Waals surface area contributed by atoms with Gasteiger partial charge in [0.05, 0.1) is 6.54 Å². The summed E-state index contributed by atoms with van der Waals surface area (Å²) in [7, 11) is 0. The van der Waals surface area contributed by atoms with Crippen LogP contribution in [0.2, 0.25) is 0 Å². The molecule has 0 spiro atoms. The molecule has 1 heterocycles. The van der Waals surface area contributed by atoms with Gasteiger partial charge in [-0.2, -0.15) is 4.57 Å². The van der Waals surface area contributed by atoms with Crippen LogP contribution in [0.4, 0.5) is 0 Å². The first-order chi connectivity index (χ1) is 19.9. The van der Waals surface area contributed by atoms with Crippen LogP contribution in [0.1, 0.15) is 180 Å². The van der Waals surface area contributed by atoms with E-state index in [1.165, 1.54) is 185 Å². The van der Waals surface area contributed by atoms with Gasteiger partial charge in [0.1, 0.15) is 18.1 Å². The molecule has 0 fully saturated rings. The third-order valence-electron chi connectivity index (χ3n) is 8.80. The van der Waals surface area contributed by atoms with Crippen molar-refractivity contribution in [2.45, 2.75) is 187 Å². The number of aryl methyl sites for hydroxylation is 1. The number of unbranched alkanes of at least 4 members (excludes halogenated alkanes) is 23. The van der Waals surface area contributed by atoms with Crippen LogP contribution < -0.4 is 4.57 Å². The van der Waals surface area contributed by atoms with Gasteiger partial charge < -0.3 is 0 Å². The highest BCUT2D eigenvalue weighted by atomic mass is 15.1. The van der Waals surface area contributed by atoms with E-state index >= 15 is 0 Å². The molecule has 0 atom stereocenters. The third-order valence-corrected chi connectivity index (χ3v) is 8.80. The minimum absolute atomic E-state index is 1.17. The van der Waals surface area contributed by atoms with Gasteiger partial charge in [0.25, 0.3) is 5.82 Å². The van der Waals surface area contributed by atoms with E-state index in [2.05, 4.69) is 65.7 Å². The smallest absolute Gasteiger partial charge is 0.234 e. The molecular weight excluding hydrogens is 484 g/mol. The molecule has 228 valence electrons. The fourth-order valence-corrected chi connectivity index (χ4v) is 6.17. The Morgan fingerprint density at radius 1 is 0.475 bits per heavy atom. The van der Waals surface area contributed by atoms with Crippen molar-refractivity contribution in [3.05, 3.63) is 48.5 Å². The van der Waals surface area contributed by atoms with Crippen molar-refractivity contribution in [2.24, 2.45) is 0 Å². The van der Waals surface area contributed by atoms with Gasteiger partial charge in [-0.05, 0) is 31.4 Å². The second kappa shape index (κ2) is 25.2. The fourth-order valence-electron chi connectivity index (χ4n) is 6.17. The number of nitrogens with zero attached hydrogens (tertiary/aromatic N) is 2. The van der Waals surface area contributed by atoms with E-state index in [1.54, 1.807) is 0 Å². The predicted octanol–water partition coefficient (Wildman–Crippen LogP) is 12.1. The van der Waals surface area contributed by atoms with Crippen molar-refractivity contribution in [3.8, 4) is 5.69 Å². The van der Waals surface area contributed by atoms with Crippen LogP contribution in [0.3, 0.4) is 0 Å². The Morgan fingerprint density at radius 2 is 0.875 bits per heavy atom. The SMILES string of the molecule is CCCCCCCCCCCCCCCCC[n+]1ccn(-c2ccccc2)c1CCCCCCCCCCCC. The first kappa shape index (κ1) is 34.6. The summed E-state index contributed by atoms with van der Waals surface area (Å²) in [6.07, 6.45) is 41.3. The summed E-state index contributed by atoms with van der Waals surface area (Å²) in [6, 6.07) is 11.0. The fraction of sp³-hybridized carbons (Fsp3) is 0.763. The average Bonchev–Trinajstić information content (AvgIpc) is 3.39. The van der Waals surface area contributed by atoms with Crippen LogP contribution in [0.15, 0.2) is 42.7 Å². The molecule has 2 aromatic rings. The maximum Gasteiger partial charge on any atom is 0.261 e. The van der Waals surface area contributed by atoms with Crippen LogP contribution in [0.25, 0.3) is 5.69 Å². The van der Waals surface area contributed by atoms with E-state index in [4.69, 9.17) is 0 Å². The molecule has 1 aromatic carbocycles. The van der Waals surface area contributed by atoms with E-state index in [-0.39, 0.29) is 0 Å². The molecule has 0 saturated heterocycles. The number of benzene rings is 1. The van der Waals surface area contributed by atoms with Gasteiger partial charge in [-0.3, -0.25) is 0 Å². The predicted molar refractivity (Wildman–Crippen MR) is 176 cm³/mol. The van der Waals surface area contributed by atoms with E-state index in [1.807, 2.05) is 0 Å². The Hall–Kier alpha value is -1.57. The monoisotopic (exact) mass is 552 g/mol. The molecule has 0 saturated carbocycles. The van der Waals surface area contributed by atoms with Gasteiger partial charge in [-0.1, -0.05) is 173 Å². The second-order valence-corrected chi connectivity index (χ2v) is 12.5. The van der Waals surface area contributed by atoms with Crippen molar-refractivity contribution < 1.29 is 4.57 Å². The number of aromatic nitrogens is 2. The molecule has 0 aliphatic carbocycles. The maximum atomic E-state index is 2.56. The zero-order valence-electron chi connectivity index (χ0n) is 27.0. The van der Waals surface area contributed by atoms with Crippen molar-refractivity contribution in [3.63, 3.8) is 0 Å². The van der Waals surface area contributed by atoms with Crippen molar-refractivity contribution in [1.29, 1.82) is 0 Å². The van der Waals surface area contributed by atoms with Gasteiger partial charge in [0, 0.05) is 6.42 Å². The first-order valence-corrected chi connectivity index (χ1v) is 18.0. The van der Waals surface area contributed by atoms with E-state index < -0.39 is 0 Å². The summed E-state index contributed by atoms with van der Waals surface area (Å²) in [4.78, 5) is 0. The topological polar surface area (TPSA) is 8.81 Å². The number of rotatable bonds is 28. The minimum atomic E-state index is 1.17. The normalized spacial score (nSPS) is 11.4. The largest absolute Gasteiger partial charge is 0.261 e. The minimum Gasteiger partial charge on any atom is -0.234 e. The van der Waals surface area contributed by atoms with Gasteiger partial charge in [0.15, 0.2) is 0 Å². The average molecular weight is 552 g/mol. The van der Waals surface area contributed by atoms with Crippen LogP contribution in [0.5, 0.6) is 0 Å². The molecule has 0 bridgehead atoms.